The van der Waals surface area contributed by atoms with Crippen LogP contribution in [-0.4, -0.2) is 20.7 Å². The van der Waals surface area contributed by atoms with Crippen molar-refractivity contribution in [1.29, 1.82) is 0 Å². The quantitative estimate of drug-likeness (QED) is 0.463. The number of sulfonamides is 1. The molecule has 1 heterocycles. The van der Waals surface area contributed by atoms with E-state index >= 15 is 0 Å². The zero-order valence-corrected chi connectivity index (χ0v) is 16.3. The number of carbonyl (C=O) groups excluding carboxylic acids is 1. The first-order valence-electron chi connectivity index (χ1n) is 9.12. The van der Waals surface area contributed by atoms with Crippen LogP contribution >= 0.6 is 0 Å². The molecule has 0 saturated carbocycles. The minimum Gasteiger partial charge on any atom is -0.460 e. The Balaban J connectivity index is 2.00. The number of furan rings is 1. The average molecular weight is 385 g/mol. The highest BCUT2D eigenvalue weighted by molar-refractivity contribution is 7.89. The summed E-state index contributed by atoms with van der Waals surface area (Å²) in [5.74, 6) is 0.373. The predicted molar refractivity (Wildman–Crippen MR) is 106 cm³/mol. The van der Waals surface area contributed by atoms with Gasteiger partial charge in [0.15, 0.2) is 5.78 Å². The van der Waals surface area contributed by atoms with E-state index in [0.717, 1.165) is 18.2 Å². The predicted octanol–water partition coefficient (Wildman–Crippen LogP) is 4.30. The molecule has 3 rings (SSSR count). The van der Waals surface area contributed by atoms with Gasteiger partial charge in [-0.1, -0.05) is 50.6 Å². The molecule has 6 heteroatoms. The van der Waals surface area contributed by atoms with E-state index in [1.54, 1.807) is 12.1 Å². The molecule has 0 amide bonds. The molecule has 0 saturated heterocycles. The third-order valence-electron chi connectivity index (χ3n) is 4.45. The minimum absolute atomic E-state index is 0.0929. The Morgan fingerprint density at radius 3 is 2.59 bits per heavy atom. The van der Waals surface area contributed by atoms with Gasteiger partial charge in [0.1, 0.15) is 11.3 Å². The number of hydrogen-bond acceptors (Lipinski definition) is 4. The van der Waals surface area contributed by atoms with Crippen molar-refractivity contribution in [2.75, 3.05) is 6.54 Å². The summed E-state index contributed by atoms with van der Waals surface area (Å²) < 4.78 is 33.3. The zero-order chi connectivity index (χ0) is 19.4. The smallest absolute Gasteiger partial charge is 0.240 e. The summed E-state index contributed by atoms with van der Waals surface area (Å²) in [6, 6.07) is 13.5. The van der Waals surface area contributed by atoms with Crippen LogP contribution in [0, 0.1) is 0 Å². The number of rotatable bonds is 8. The fourth-order valence-electron chi connectivity index (χ4n) is 3.01. The molecule has 0 unspecified atom stereocenters. The first kappa shape index (κ1) is 19.3. The van der Waals surface area contributed by atoms with Gasteiger partial charge in [-0.05, 0) is 24.6 Å². The number of hydrogen-bond donors (Lipinski definition) is 1. The van der Waals surface area contributed by atoms with Crippen molar-refractivity contribution in [3.05, 3.63) is 65.4 Å². The Labute approximate surface area is 159 Å². The van der Waals surface area contributed by atoms with Gasteiger partial charge in [-0.25, -0.2) is 13.1 Å². The Bertz CT molecular complexity index is 1070. The average Bonchev–Trinajstić information content (AvgIpc) is 3.06. The van der Waals surface area contributed by atoms with Gasteiger partial charge in [-0.3, -0.25) is 4.79 Å². The molecule has 0 aliphatic heterocycles. The second-order valence-electron chi connectivity index (χ2n) is 6.36. The molecular formula is C21H23NO4S. The fraction of sp³-hybridized carbons (Fsp3) is 0.286. The number of benzene rings is 2. The van der Waals surface area contributed by atoms with Crippen LogP contribution in [0.25, 0.3) is 11.0 Å². The SMILES string of the molecule is CCCCNS(=O)(=O)c1cccc(C(=O)c2c(CC)oc3ccccc23)c1. The summed E-state index contributed by atoms with van der Waals surface area (Å²) in [5.41, 5.74) is 1.49. The van der Waals surface area contributed by atoms with Crippen molar-refractivity contribution in [1.82, 2.24) is 4.72 Å². The van der Waals surface area contributed by atoms with Crippen LogP contribution in [-0.2, 0) is 16.4 Å². The van der Waals surface area contributed by atoms with Crippen molar-refractivity contribution in [3.63, 3.8) is 0 Å². The summed E-state index contributed by atoms with van der Waals surface area (Å²) in [6.07, 6.45) is 2.24. The summed E-state index contributed by atoms with van der Waals surface area (Å²) in [6.45, 7) is 4.30. The molecule has 2 aromatic carbocycles. The van der Waals surface area contributed by atoms with Crippen LogP contribution in [0.2, 0.25) is 0 Å². The largest absolute Gasteiger partial charge is 0.460 e. The van der Waals surface area contributed by atoms with Crippen LogP contribution in [0.15, 0.2) is 57.8 Å². The lowest BCUT2D eigenvalue weighted by molar-refractivity contribution is 0.103. The van der Waals surface area contributed by atoms with E-state index in [1.807, 2.05) is 38.1 Å². The monoisotopic (exact) mass is 385 g/mol. The van der Waals surface area contributed by atoms with Crippen molar-refractivity contribution in [2.45, 2.75) is 38.0 Å². The van der Waals surface area contributed by atoms with Crippen molar-refractivity contribution < 1.29 is 17.6 Å². The van der Waals surface area contributed by atoms with Gasteiger partial charge in [-0.15, -0.1) is 0 Å². The van der Waals surface area contributed by atoms with E-state index in [9.17, 15) is 13.2 Å². The van der Waals surface area contributed by atoms with Crippen LogP contribution < -0.4 is 4.72 Å². The Morgan fingerprint density at radius 1 is 1.07 bits per heavy atom. The first-order chi connectivity index (χ1) is 13.0. The van der Waals surface area contributed by atoms with Gasteiger partial charge >= 0.3 is 0 Å². The van der Waals surface area contributed by atoms with Gasteiger partial charge in [0.05, 0.1) is 10.5 Å². The lowest BCUT2D eigenvalue weighted by Gasteiger charge is -2.08. The number of ketones is 1. The third-order valence-corrected chi connectivity index (χ3v) is 5.90. The molecule has 5 nitrogen and oxygen atoms in total. The van der Waals surface area contributed by atoms with E-state index in [0.29, 0.717) is 35.4 Å². The van der Waals surface area contributed by atoms with Crippen LogP contribution in [0.3, 0.4) is 0 Å². The second kappa shape index (κ2) is 8.06. The molecule has 0 radical (unpaired) electrons. The Hall–Kier alpha value is -2.44. The molecule has 0 fully saturated rings. The summed E-state index contributed by atoms with van der Waals surface area (Å²) in [4.78, 5) is 13.3. The van der Waals surface area contributed by atoms with Gasteiger partial charge in [-0.2, -0.15) is 0 Å². The first-order valence-corrected chi connectivity index (χ1v) is 10.6. The highest BCUT2D eigenvalue weighted by atomic mass is 32.2. The normalized spacial score (nSPS) is 11.8. The number of aryl methyl sites for hydroxylation is 1. The lowest BCUT2D eigenvalue weighted by Crippen LogP contribution is -2.25. The molecular weight excluding hydrogens is 362 g/mol. The molecule has 0 aliphatic rings. The summed E-state index contributed by atoms with van der Waals surface area (Å²) >= 11 is 0. The lowest BCUT2D eigenvalue weighted by atomic mass is 9.99. The molecule has 0 atom stereocenters. The molecule has 27 heavy (non-hydrogen) atoms. The fourth-order valence-corrected chi connectivity index (χ4v) is 4.13. The Kier molecular flexibility index (Phi) is 5.77. The number of unbranched alkanes of at least 4 members (excludes halogenated alkanes) is 1. The standard InChI is InChI=1S/C21H23NO4S/c1-3-5-13-22-27(24,25)16-10-8-9-15(14-16)21(23)20-17-11-6-7-12-19(17)26-18(20)4-2/h6-12,14,22H,3-5,13H2,1-2H3. The van der Waals surface area contributed by atoms with E-state index in [1.165, 1.54) is 12.1 Å². The molecule has 0 bridgehead atoms. The molecule has 1 aromatic heterocycles. The third kappa shape index (κ3) is 3.96. The van der Waals surface area contributed by atoms with E-state index in [2.05, 4.69) is 4.72 Å². The van der Waals surface area contributed by atoms with Crippen LogP contribution in [0.5, 0.6) is 0 Å². The van der Waals surface area contributed by atoms with E-state index in [4.69, 9.17) is 4.42 Å². The topological polar surface area (TPSA) is 76.4 Å². The van der Waals surface area contributed by atoms with Crippen molar-refractivity contribution in [2.24, 2.45) is 0 Å². The molecule has 0 aliphatic carbocycles. The van der Waals surface area contributed by atoms with Crippen LogP contribution in [0.4, 0.5) is 0 Å². The van der Waals surface area contributed by atoms with Crippen molar-refractivity contribution in [3.8, 4) is 0 Å². The summed E-state index contributed by atoms with van der Waals surface area (Å²) in [7, 11) is -3.64. The summed E-state index contributed by atoms with van der Waals surface area (Å²) in [5, 5.41) is 0.744. The van der Waals surface area contributed by atoms with Gasteiger partial charge in [0.2, 0.25) is 10.0 Å². The Morgan fingerprint density at radius 2 is 1.85 bits per heavy atom. The van der Waals surface area contributed by atoms with Gasteiger partial charge in [0.25, 0.3) is 0 Å². The maximum Gasteiger partial charge on any atom is 0.240 e. The number of carbonyl (C=O) groups is 1. The van der Waals surface area contributed by atoms with Gasteiger partial charge < -0.3 is 4.42 Å². The van der Waals surface area contributed by atoms with Crippen molar-refractivity contribution >= 4 is 26.8 Å². The number of nitrogens with one attached hydrogen (secondary N) is 1. The second-order valence-corrected chi connectivity index (χ2v) is 8.13. The molecule has 1 N–H and O–H groups in total. The van der Waals surface area contributed by atoms with Crippen LogP contribution in [0.1, 0.15) is 48.4 Å². The van der Waals surface area contributed by atoms with Gasteiger partial charge in [0, 0.05) is 23.9 Å². The number of para-hydroxylation sites is 1. The number of fused-ring (bicyclic) bond motifs is 1. The highest BCUT2D eigenvalue weighted by Crippen LogP contribution is 2.29. The minimum atomic E-state index is -3.64. The maximum absolute atomic E-state index is 13.2. The molecule has 142 valence electrons. The molecule has 0 spiro atoms. The van der Waals surface area contributed by atoms with E-state index < -0.39 is 10.0 Å². The highest BCUT2D eigenvalue weighted by Gasteiger charge is 2.22. The van der Waals surface area contributed by atoms with E-state index in [-0.39, 0.29) is 10.7 Å². The maximum atomic E-state index is 13.2. The molecule has 3 aromatic rings. The zero-order valence-electron chi connectivity index (χ0n) is 15.5.